The average Bonchev–Trinajstić information content (AvgIpc) is 3.16. The van der Waals surface area contributed by atoms with Crippen LogP contribution in [0.25, 0.3) is 6.08 Å². The summed E-state index contributed by atoms with van der Waals surface area (Å²) in [7, 11) is 0. The van der Waals surface area contributed by atoms with Crippen LogP contribution in [0, 0.1) is 0 Å². The number of Topliss-reactive ketones (excluding diaryl/α,β-unsaturated/α-hetero) is 1. The van der Waals surface area contributed by atoms with Gasteiger partial charge >= 0.3 is 0 Å². The standard InChI is InChI=1S/C18H19NO4/c1-3-19(4-2)11-14-15(20)8-7-13-17(21)16(23-18(13)14)10-12-6-5-9-22-12/h5-10,20H,3-4,11H2,1-2H3/p+1/b16-10+. The molecule has 1 aliphatic rings. The first kappa shape index (κ1) is 15.4. The Morgan fingerprint density at radius 2 is 2.00 bits per heavy atom. The van der Waals surface area contributed by atoms with Gasteiger partial charge in [0, 0.05) is 6.08 Å². The number of allylic oxidation sites excluding steroid dienone is 1. The lowest BCUT2D eigenvalue weighted by molar-refractivity contribution is -0.910. The summed E-state index contributed by atoms with van der Waals surface area (Å²) < 4.78 is 11.0. The smallest absolute Gasteiger partial charge is 0.232 e. The van der Waals surface area contributed by atoms with E-state index in [1.807, 2.05) is 0 Å². The van der Waals surface area contributed by atoms with Crippen LogP contribution in [0.3, 0.4) is 0 Å². The average molecular weight is 314 g/mol. The number of carbonyl (C=O) groups is 1. The van der Waals surface area contributed by atoms with Crippen molar-refractivity contribution in [2.75, 3.05) is 13.1 Å². The van der Waals surface area contributed by atoms with E-state index >= 15 is 0 Å². The lowest BCUT2D eigenvalue weighted by Gasteiger charge is -2.17. The highest BCUT2D eigenvalue weighted by Crippen LogP contribution is 2.39. The largest absolute Gasteiger partial charge is 0.507 e. The van der Waals surface area contributed by atoms with E-state index in [9.17, 15) is 9.90 Å². The third-order valence-corrected chi connectivity index (χ3v) is 4.16. The van der Waals surface area contributed by atoms with Crippen molar-refractivity contribution in [3.63, 3.8) is 0 Å². The molecule has 0 saturated heterocycles. The number of quaternary nitrogens is 1. The number of furan rings is 1. The predicted octanol–water partition coefficient (Wildman–Crippen LogP) is 2.03. The van der Waals surface area contributed by atoms with Crippen LogP contribution in [0.4, 0.5) is 0 Å². The molecule has 0 aliphatic carbocycles. The van der Waals surface area contributed by atoms with Gasteiger partial charge in [0.1, 0.15) is 18.1 Å². The van der Waals surface area contributed by atoms with Crippen molar-refractivity contribution >= 4 is 11.9 Å². The third-order valence-electron chi connectivity index (χ3n) is 4.16. The van der Waals surface area contributed by atoms with Crippen molar-refractivity contribution < 1.29 is 24.0 Å². The molecule has 0 spiro atoms. The lowest BCUT2D eigenvalue weighted by atomic mass is 10.0. The van der Waals surface area contributed by atoms with Gasteiger partial charge in [0.25, 0.3) is 0 Å². The summed E-state index contributed by atoms with van der Waals surface area (Å²) in [5.74, 6) is 1.22. The molecule has 0 fully saturated rings. The van der Waals surface area contributed by atoms with Crippen molar-refractivity contribution in [3.8, 4) is 11.5 Å². The molecule has 2 heterocycles. The molecule has 0 bridgehead atoms. The minimum Gasteiger partial charge on any atom is -0.507 e. The maximum absolute atomic E-state index is 12.5. The van der Waals surface area contributed by atoms with Crippen LogP contribution in [0.1, 0.15) is 35.5 Å². The first-order valence-corrected chi connectivity index (χ1v) is 7.80. The van der Waals surface area contributed by atoms with E-state index in [1.165, 1.54) is 4.90 Å². The highest BCUT2D eigenvalue weighted by Gasteiger charge is 2.32. The zero-order chi connectivity index (χ0) is 16.4. The monoisotopic (exact) mass is 314 g/mol. The van der Waals surface area contributed by atoms with Gasteiger partial charge in [-0.25, -0.2) is 0 Å². The van der Waals surface area contributed by atoms with Crippen LogP contribution in [0.5, 0.6) is 11.5 Å². The Morgan fingerprint density at radius 1 is 1.22 bits per heavy atom. The first-order valence-electron chi connectivity index (χ1n) is 7.80. The maximum Gasteiger partial charge on any atom is 0.232 e. The molecular formula is C18H20NO4+. The van der Waals surface area contributed by atoms with Crippen LogP contribution < -0.4 is 9.64 Å². The number of ketones is 1. The van der Waals surface area contributed by atoms with Gasteiger partial charge in [0.05, 0.1) is 30.5 Å². The molecule has 5 nitrogen and oxygen atoms in total. The van der Waals surface area contributed by atoms with Gasteiger partial charge in [-0.05, 0) is 38.1 Å². The van der Waals surface area contributed by atoms with E-state index in [2.05, 4.69) is 13.8 Å². The molecule has 120 valence electrons. The van der Waals surface area contributed by atoms with Gasteiger partial charge in [-0.15, -0.1) is 0 Å². The Labute approximate surface area is 134 Å². The van der Waals surface area contributed by atoms with E-state index in [1.54, 1.807) is 36.6 Å². The molecule has 0 radical (unpaired) electrons. The summed E-state index contributed by atoms with van der Waals surface area (Å²) in [6.45, 7) is 6.66. The fourth-order valence-electron chi connectivity index (χ4n) is 2.72. The highest BCUT2D eigenvalue weighted by molar-refractivity contribution is 6.14. The molecule has 2 N–H and O–H groups in total. The zero-order valence-electron chi connectivity index (χ0n) is 13.3. The molecule has 0 unspecified atom stereocenters. The van der Waals surface area contributed by atoms with Crippen LogP contribution in [0.2, 0.25) is 0 Å². The minimum atomic E-state index is -0.188. The second-order valence-corrected chi connectivity index (χ2v) is 5.53. The van der Waals surface area contributed by atoms with Crippen molar-refractivity contribution in [1.29, 1.82) is 0 Å². The molecule has 0 atom stereocenters. The van der Waals surface area contributed by atoms with Crippen LogP contribution in [-0.4, -0.2) is 24.0 Å². The molecule has 1 aliphatic heterocycles. The van der Waals surface area contributed by atoms with E-state index in [0.29, 0.717) is 29.2 Å². The number of benzene rings is 1. The van der Waals surface area contributed by atoms with Gasteiger partial charge in [-0.3, -0.25) is 4.79 Å². The van der Waals surface area contributed by atoms with E-state index in [-0.39, 0.29) is 17.3 Å². The Bertz CT molecular complexity index is 743. The van der Waals surface area contributed by atoms with Crippen LogP contribution in [0.15, 0.2) is 40.7 Å². The summed E-state index contributed by atoms with van der Waals surface area (Å²) in [6.07, 6.45) is 3.12. The number of aromatic hydroxyl groups is 1. The van der Waals surface area contributed by atoms with Crippen molar-refractivity contribution in [1.82, 2.24) is 0 Å². The van der Waals surface area contributed by atoms with Crippen molar-refractivity contribution in [2.45, 2.75) is 20.4 Å². The van der Waals surface area contributed by atoms with Gasteiger partial charge < -0.3 is 19.2 Å². The molecule has 3 rings (SSSR count). The highest BCUT2D eigenvalue weighted by atomic mass is 16.5. The minimum absolute atomic E-state index is 0.162. The Morgan fingerprint density at radius 3 is 2.65 bits per heavy atom. The number of hydrogen-bond acceptors (Lipinski definition) is 4. The Kier molecular flexibility index (Phi) is 4.21. The normalized spacial score (nSPS) is 15.3. The molecule has 23 heavy (non-hydrogen) atoms. The number of phenols is 1. The van der Waals surface area contributed by atoms with E-state index in [0.717, 1.165) is 13.1 Å². The number of fused-ring (bicyclic) bond motifs is 1. The summed E-state index contributed by atoms with van der Waals surface area (Å²) in [4.78, 5) is 13.8. The molecule has 1 aromatic heterocycles. The van der Waals surface area contributed by atoms with Crippen molar-refractivity contribution in [2.24, 2.45) is 0 Å². The fraction of sp³-hybridized carbons (Fsp3) is 0.278. The SMILES string of the molecule is CC[NH+](CC)Cc1c(O)ccc2c1O/C(=C/c1ccco1)C2=O. The third kappa shape index (κ3) is 2.87. The lowest BCUT2D eigenvalue weighted by Crippen LogP contribution is -3.10. The molecular weight excluding hydrogens is 294 g/mol. The summed E-state index contributed by atoms with van der Waals surface area (Å²) in [5.41, 5.74) is 1.17. The maximum atomic E-state index is 12.5. The first-order chi connectivity index (χ1) is 11.1. The molecule has 1 aromatic carbocycles. The van der Waals surface area contributed by atoms with Gasteiger partial charge in [0.2, 0.25) is 5.78 Å². The summed E-state index contributed by atoms with van der Waals surface area (Å²) in [5, 5.41) is 10.2. The zero-order valence-corrected chi connectivity index (χ0v) is 13.3. The number of ether oxygens (including phenoxy) is 1. The van der Waals surface area contributed by atoms with E-state index < -0.39 is 0 Å². The number of nitrogens with one attached hydrogen (secondary N) is 1. The Hall–Kier alpha value is -2.53. The van der Waals surface area contributed by atoms with E-state index in [4.69, 9.17) is 9.15 Å². The van der Waals surface area contributed by atoms with Gasteiger partial charge in [-0.2, -0.15) is 0 Å². The van der Waals surface area contributed by atoms with Gasteiger partial charge in [0.15, 0.2) is 11.5 Å². The number of carbonyl (C=O) groups excluding carboxylic acids is 1. The molecule has 2 aromatic rings. The predicted molar refractivity (Wildman–Crippen MR) is 85.5 cm³/mol. The topological polar surface area (TPSA) is 64.1 Å². The summed E-state index contributed by atoms with van der Waals surface area (Å²) >= 11 is 0. The van der Waals surface area contributed by atoms with Gasteiger partial charge in [-0.1, -0.05) is 0 Å². The second kappa shape index (κ2) is 6.30. The van der Waals surface area contributed by atoms with Crippen LogP contribution in [-0.2, 0) is 6.54 Å². The number of rotatable bonds is 5. The molecule has 0 saturated carbocycles. The number of phenolic OH excluding ortho intramolecular Hbond substituents is 1. The number of hydrogen-bond donors (Lipinski definition) is 2. The quantitative estimate of drug-likeness (QED) is 0.829. The fourth-order valence-corrected chi connectivity index (χ4v) is 2.72. The van der Waals surface area contributed by atoms with Crippen molar-refractivity contribution in [3.05, 3.63) is 53.2 Å². The Balaban J connectivity index is 1.98. The molecule has 0 amide bonds. The summed E-state index contributed by atoms with van der Waals surface area (Å²) in [6, 6.07) is 6.68. The second-order valence-electron chi connectivity index (χ2n) is 5.53. The molecule has 5 heteroatoms. The van der Waals surface area contributed by atoms with Crippen LogP contribution >= 0.6 is 0 Å².